The molecule has 0 N–H and O–H groups in total. The van der Waals surface area contributed by atoms with E-state index in [1.807, 2.05) is 6.07 Å². The van der Waals surface area contributed by atoms with E-state index in [1.54, 1.807) is 18.5 Å². The van der Waals surface area contributed by atoms with Gasteiger partial charge in [-0.2, -0.15) is 5.26 Å². The van der Waals surface area contributed by atoms with Gasteiger partial charge in [0.15, 0.2) is 0 Å². The lowest BCUT2D eigenvalue weighted by Gasteiger charge is -2.33. The summed E-state index contributed by atoms with van der Waals surface area (Å²) in [5.41, 5.74) is 2.94. The number of ketones is 1. The predicted octanol–water partition coefficient (Wildman–Crippen LogP) is 5.03. The van der Waals surface area contributed by atoms with Crippen LogP contribution in [-0.4, -0.2) is 21.7 Å². The second-order valence-corrected chi connectivity index (χ2v) is 8.55. The van der Waals surface area contributed by atoms with Crippen molar-refractivity contribution in [1.29, 1.82) is 5.26 Å². The van der Waals surface area contributed by atoms with Crippen LogP contribution in [0.25, 0.3) is 11.0 Å². The Morgan fingerprint density at radius 1 is 1.18 bits per heavy atom. The summed E-state index contributed by atoms with van der Waals surface area (Å²) in [5.74, 6) is -2.52. The fraction of sp³-hybridized carbons (Fsp3) is 0.545. The molecule has 0 saturated heterocycles. The molecule has 4 atom stereocenters. The van der Waals surface area contributed by atoms with Gasteiger partial charge in [-0.05, 0) is 48.6 Å². The topological polar surface area (TPSA) is 66.6 Å². The number of nitriles is 1. The molecule has 2 aromatic rings. The molecule has 2 aliphatic rings. The molecule has 4 rings (SSSR count). The van der Waals surface area contributed by atoms with Crippen molar-refractivity contribution in [1.82, 2.24) is 9.97 Å². The maximum absolute atomic E-state index is 13.1. The van der Waals surface area contributed by atoms with Crippen molar-refractivity contribution in [3.63, 3.8) is 0 Å². The van der Waals surface area contributed by atoms with Gasteiger partial charge in [-0.25, -0.2) is 8.78 Å². The van der Waals surface area contributed by atoms with Gasteiger partial charge in [-0.3, -0.25) is 14.8 Å². The predicted molar refractivity (Wildman–Crippen MR) is 101 cm³/mol. The van der Waals surface area contributed by atoms with E-state index >= 15 is 0 Å². The Hall–Kier alpha value is -2.42. The van der Waals surface area contributed by atoms with Crippen LogP contribution < -0.4 is 0 Å². The number of hydrogen-bond acceptors (Lipinski definition) is 4. The highest BCUT2D eigenvalue weighted by Crippen LogP contribution is 2.51. The summed E-state index contributed by atoms with van der Waals surface area (Å²) >= 11 is 0. The van der Waals surface area contributed by atoms with Crippen molar-refractivity contribution in [2.75, 3.05) is 0 Å². The van der Waals surface area contributed by atoms with Crippen molar-refractivity contribution in [3.8, 4) is 6.07 Å². The van der Waals surface area contributed by atoms with E-state index in [-0.39, 0.29) is 30.5 Å². The Morgan fingerprint density at radius 2 is 1.89 bits per heavy atom. The molecule has 0 bridgehead atoms. The van der Waals surface area contributed by atoms with Crippen molar-refractivity contribution in [2.24, 2.45) is 17.8 Å². The van der Waals surface area contributed by atoms with Gasteiger partial charge in [0.25, 0.3) is 5.92 Å². The van der Waals surface area contributed by atoms with Crippen molar-refractivity contribution >= 4 is 16.8 Å². The summed E-state index contributed by atoms with van der Waals surface area (Å²) in [4.78, 5) is 21.1. The first kappa shape index (κ1) is 18.9. The number of rotatable bonds is 5. The molecular weight excluding hydrogens is 360 g/mol. The Kier molecular flexibility index (Phi) is 4.86. The molecule has 2 fully saturated rings. The van der Waals surface area contributed by atoms with E-state index < -0.39 is 11.8 Å². The molecule has 2 saturated carbocycles. The highest BCUT2D eigenvalue weighted by Gasteiger charge is 2.57. The SMILES string of the molecule is C[C@H]1C[C@@H](CC(=O)CC2CC2(F)F)C[C@@H](c2ccc(C#N)c3nccnc23)C1. The minimum absolute atomic E-state index is 0.00776. The number of halogens is 2. The van der Waals surface area contributed by atoms with E-state index in [0.29, 0.717) is 23.4 Å². The minimum Gasteiger partial charge on any atom is -0.300 e. The van der Waals surface area contributed by atoms with E-state index in [4.69, 9.17) is 0 Å². The lowest BCUT2D eigenvalue weighted by Crippen LogP contribution is -2.23. The van der Waals surface area contributed by atoms with Gasteiger partial charge in [-0.1, -0.05) is 13.0 Å². The largest absolute Gasteiger partial charge is 0.300 e. The number of alkyl halides is 2. The number of aromatic nitrogens is 2. The third kappa shape index (κ3) is 3.76. The smallest absolute Gasteiger partial charge is 0.252 e. The van der Waals surface area contributed by atoms with Crippen LogP contribution in [-0.2, 0) is 4.79 Å². The molecule has 1 heterocycles. The van der Waals surface area contributed by atoms with Crippen LogP contribution in [0.5, 0.6) is 0 Å². The first-order chi connectivity index (χ1) is 13.4. The summed E-state index contributed by atoms with van der Waals surface area (Å²) in [6.45, 7) is 2.18. The van der Waals surface area contributed by atoms with Crippen LogP contribution in [0.2, 0.25) is 0 Å². The summed E-state index contributed by atoms with van der Waals surface area (Å²) < 4.78 is 26.2. The minimum atomic E-state index is -2.63. The molecule has 0 aliphatic heterocycles. The van der Waals surface area contributed by atoms with Crippen LogP contribution in [0, 0.1) is 29.1 Å². The molecule has 1 aromatic carbocycles. The van der Waals surface area contributed by atoms with Gasteiger partial charge in [-0.15, -0.1) is 0 Å². The standard InChI is InChI=1S/C22H23F2N3O/c1-13-6-14(9-18(28)10-17-11-22(17,23)24)8-16(7-13)19-3-2-15(12-25)20-21(19)27-5-4-26-20/h2-5,13-14,16-17H,6-11H2,1H3/t13-,14+,16-,17?/m0/s1. The zero-order chi connectivity index (χ0) is 19.9. The zero-order valence-electron chi connectivity index (χ0n) is 15.9. The molecule has 146 valence electrons. The van der Waals surface area contributed by atoms with Crippen LogP contribution in [0.3, 0.4) is 0 Å². The molecule has 6 heteroatoms. The molecule has 1 aromatic heterocycles. The Labute approximate surface area is 163 Å². The van der Waals surface area contributed by atoms with Crippen molar-refractivity contribution in [3.05, 3.63) is 35.7 Å². The molecule has 0 radical (unpaired) electrons. The van der Waals surface area contributed by atoms with E-state index in [2.05, 4.69) is 23.0 Å². The molecular formula is C22H23F2N3O. The number of fused-ring (bicyclic) bond motifs is 1. The number of carbonyl (C=O) groups is 1. The summed E-state index contributed by atoms with van der Waals surface area (Å²) in [6.07, 6.45) is 6.25. The highest BCUT2D eigenvalue weighted by atomic mass is 19.3. The normalized spacial score (nSPS) is 28.6. The Balaban J connectivity index is 1.52. The molecule has 4 nitrogen and oxygen atoms in total. The highest BCUT2D eigenvalue weighted by molar-refractivity contribution is 5.84. The average Bonchev–Trinajstić information content (AvgIpc) is 3.25. The first-order valence-electron chi connectivity index (χ1n) is 9.90. The molecule has 28 heavy (non-hydrogen) atoms. The zero-order valence-corrected chi connectivity index (χ0v) is 15.9. The fourth-order valence-electron chi connectivity index (χ4n) is 4.83. The van der Waals surface area contributed by atoms with Crippen molar-refractivity contribution < 1.29 is 13.6 Å². The molecule has 0 spiro atoms. The monoisotopic (exact) mass is 383 g/mol. The van der Waals surface area contributed by atoms with Crippen LogP contribution in [0.15, 0.2) is 24.5 Å². The Bertz CT molecular complexity index is 952. The van der Waals surface area contributed by atoms with E-state index in [1.165, 1.54) is 0 Å². The van der Waals surface area contributed by atoms with Crippen molar-refractivity contribution in [2.45, 2.75) is 57.3 Å². The average molecular weight is 383 g/mol. The molecule has 0 amide bonds. The van der Waals surface area contributed by atoms with Crippen LogP contribution in [0.4, 0.5) is 8.78 Å². The third-order valence-electron chi connectivity index (χ3n) is 6.20. The maximum Gasteiger partial charge on any atom is 0.252 e. The third-order valence-corrected chi connectivity index (χ3v) is 6.20. The van der Waals surface area contributed by atoms with E-state index in [9.17, 15) is 18.8 Å². The van der Waals surface area contributed by atoms with Crippen LogP contribution >= 0.6 is 0 Å². The number of carbonyl (C=O) groups excluding carboxylic acids is 1. The fourth-order valence-corrected chi connectivity index (χ4v) is 4.83. The lowest BCUT2D eigenvalue weighted by atomic mass is 9.71. The van der Waals surface area contributed by atoms with Gasteiger partial charge in [0, 0.05) is 37.6 Å². The summed E-state index contributed by atoms with van der Waals surface area (Å²) in [6, 6.07) is 5.92. The molecule has 2 aliphatic carbocycles. The van der Waals surface area contributed by atoms with Crippen LogP contribution in [0.1, 0.15) is 62.5 Å². The lowest BCUT2D eigenvalue weighted by molar-refractivity contribution is -0.121. The van der Waals surface area contributed by atoms with Gasteiger partial charge in [0.2, 0.25) is 0 Å². The maximum atomic E-state index is 13.1. The summed E-state index contributed by atoms with van der Waals surface area (Å²) in [5, 5.41) is 9.33. The number of hydrogen-bond donors (Lipinski definition) is 0. The first-order valence-corrected chi connectivity index (χ1v) is 9.90. The quantitative estimate of drug-likeness (QED) is 0.727. The van der Waals surface area contributed by atoms with Gasteiger partial charge < -0.3 is 0 Å². The van der Waals surface area contributed by atoms with Gasteiger partial charge >= 0.3 is 0 Å². The summed E-state index contributed by atoms with van der Waals surface area (Å²) in [7, 11) is 0. The number of Topliss-reactive ketones (excluding diaryl/α,β-unsaturated/α-hetero) is 1. The second-order valence-electron chi connectivity index (χ2n) is 8.55. The van der Waals surface area contributed by atoms with E-state index in [0.717, 1.165) is 30.3 Å². The number of benzene rings is 1. The van der Waals surface area contributed by atoms with Gasteiger partial charge in [0.05, 0.1) is 11.1 Å². The molecule has 1 unspecified atom stereocenters. The Morgan fingerprint density at radius 3 is 2.57 bits per heavy atom. The second kappa shape index (κ2) is 7.20. The van der Waals surface area contributed by atoms with Gasteiger partial charge in [0.1, 0.15) is 17.4 Å². The number of nitrogens with zero attached hydrogens (tertiary/aromatic N) is 3.